The van der Waals surface area contributed by atoms with Crippen molar-refractivity contribution in [3.8, 4) is 5.75 Å². The van der Waals surface area contributed by atoms with Crippen molar-refractivity contribution in [2.75, 3.05) is 11.9 Å². The van der Waals surface area contributed by atoms with E-state index in [-0.39, 0.29) is 11.7 Å². The normalized spacial score (nSPS) is 10.5. The van der Waals surface area contributed by atoms with Crippen molar-refractivity contribution >= 4 is 11.6 Å². The molecule has 0 spiro atoms. The van der Waals surface area contributed by atoms with Crippen LogP contribution >= 0.6 is 0 Å². The average Bonchev–Trinajstić information content (AvgIpc) is 3.02. The highest BCUT2D eigenvalue weighted by molar-refractivity contribution is 6.04. The second-order valence-electron chi connectivity index (χ2n) is 5.47. The van der Waals surface area contributed by atoms with Crippen LogP contribution in [0, 0.1) is 5.82 Å². The Bertz CT molecular complexity index is 859. The van der Waals surface area contributed by atoms with Crippen LogP contribution in [0.4, 0.5) is 10.1 Å². The minimum Gasteiger partial charge on any atom is -0.494 e. The number of carbonyl (C=O) groups excluding carboxylic acids is 1. The van der Waals surface area contributed by atoms with E-state index in [0.29, 0.717) is 24.4 Å². The van der Waals surface area contributed by atoms with Crippen LogP contribution in [0.15, 0.2) is 60.9 Å². The second-order valence-corrected chi connectivity index (χ2v) is 5.47. The highest BCUT2D eigenvalue weighted by Crippen LogP contribution is 2.14. The molecule has 1 N–H and O–H groups in total. The summed E-state index contributed by atoms with van der Waals surface area (Å²) < 4.78 is 20.2. The van der Waals surface area contributed by atoms with Crippen LogP contribution in [0.3, 0.4) is 0 Å². The maximum Gasteiger partial charge on any atom is 0.255 e. The third-order valence-electron chi connectivity index (χ3n) is 3.55. The molecule has 25 heavy (non-hydrogen) atoms. The Morgan fingerprint density at radius 1 is 1.24 bits per heavy atom. The first-order valence-electron chi connectivity index (χ1n) is 7.95. The molecule has 1 heterocycles. The van der Waals surface area contributed by atoms with E-state index in [1.807, 2.05) is 13.0 Å². The highest BCUT2D eigenvalue weighted by Gasteiger charge is 2.08. The summed E-state index contributed by atoms with van der Waals surface area (Å²) in [6.07, 6.45) is 3.27. The predicted octanol–water partition coefficient (Wildman–Crippen LogP) is 3.72. The standard InChI is InChI=1S/C19H18FN3O2/c1-2-25-18-8-6-15(7-9-18)19(24)22-17-11-21-23(13-17)12-14-4-3-5-16(20)10-14/h3-11,13H,2,12H2,1H3,(H,22,24). The largest absolute Gasteiger partial charge is 0.494 e. The Morgan fingerprint density at radius 2 is 2.04 bits per heavy atom. The molecule has 0 saturated heterocycles. The Hall–Kier alpha value is -3.15. The van der Waals surface area contributed by atoms with Crippen LogP contribution in [-0.2, 0) is 6.54 Å². The summed E-state index contributed by atoms with van der Waals surface area (Å²) in [6, 6.07) is 13.3. The summed E-state index contributed by atoms with van der Waals surface area (Å²) in [5.41, 5.74) is 1.91. The number of anilines is 1. The zero-order valence-electron chi connectivity index (χ0n) is 13.8. The zero-order chi connectivity index (χ0) is 17.6. The molecule has 128 valence electrons. The molecule has 5 nitrogen and oxygen atoms in total. The third kappa shape index (κ3) is 4.44. The number of nitrogens with zero attached hydrogens (tertiary/aromatic N) is 2. The highest BCUT2D eigenvalue weighted by atomic mass is 19.1. The minimum atomic E-state index is -0.284. The van der Waals surface area contributed by atoms with Crippen LogP contribution in [0.1, 0.15) is 22.8 Å². The summed E-state index contributed by atoms with van der Waals surface area (Å²) in [5.74, 6) is 0.212. The monoisotopic (exact) mass is 339 g/mol. The molecule has 0 saturated carbocycles. The molecule has 2 aromatic carbocycles. The molecule has 0 atom stereocenters. The lowest BCUT2D eigenvalue weighted by Gasteiger charge is -2.05. The third-order valence-corrected chi connectivity index (χ3v) is 3.55. The van der Waals surface area contributed by atoms with E-state index in [1.54, 1.807) is 47.4 Å². The van der Waals surface area contributed by atoms with Crippen LogP contribution < -0.4 is 10.1 Å². The van der Waals surface area contributed by atoms with Gasteiger partial charge in [-0.1, -0.05) is 12.1 Å². The van der Waals surface area contributed by atoms with Gasteiger partial charge >= 0.3 is 0 Å². The van der Waals surface area contributed by atoms with Crippen molar-refractivity contribution in [2.45, 2.75) is 13.5 Å². The van der Waals surface area contributed by atoms with Crippen molar-refractivity contribution in [3.05, 3.63) is 77.9 Å². The molecular formula is C19H18FN3O2. The van der Waals surface area contributed by atoms with E-state index in [9.17, 15) is 9.18 Å². The molecule has 6 heteroatoms. The quantitative estimate of drug-likeness (QED) is 0.745. The number of rotatable bonds is 6. The summed E-state index contributed by atoms with van der Waals surface area (Å²) >= 11 is 0. The smallest absolute Gasteiger partial charge is 0.255 e. The molecule has 0 unspecified atom stereocenters. The Kier molecular flexibility index (Phi) is 5.09. The lowest BCUT2D eigenvalue weighted by molar-refractivity contribution is 0.102. The van der Waals surface area contributed by atoms with Crippen LogP contribution in [-0.4, -0.2) is 22.3 Å². The second kappa shape index (κ2) is 7.61. The maximum atomic E-state index is 13.2. The molecule has 0 radical (unpaired) electrons. The van der Waals surface area contributed by atoms with Gasteiger partial charge in [0.25, 0.3) is 5.91 Å². The zero-order valence-corrected chi connectivity index (χ0v) is 13.8. The van der Waals surface area contributed by atoms with E-state index >= 15 is 0 Å². The number of hydrogen-bond donors (Lipinski definition) is 1. The van der Waals surface area contributed by atoms with Gasteiger partial charge in [-0.2, -0.15) is 5.10 Å². The topological polar surface area (TPSA) is 56.1 Å². The summed E-state index contributed by atoms with van der Waals surface area (Å²) in [7, 11) is 0. The fourth-order valence-electron chi connectivity index (χ4n) is 2.41. The van der Waals surface area contributed by atoms with Crippen molar-refractivity contribution in [1.29, 1.82) is 0 Å². The van der Waals surface area contributed by atoms with Gasteiger partial charge in [0.05, 0.1) is 25.0 Å². The number of benzene rings is 2. The molecule has 3 rings (SSSR count). The van der Waals surface area contributed by atoms with E-state index in [2.05, 4.69) is 10.4 Å². The molecule has 0 aliphatic rings. The first-order chi connectivity index (χ1) is 12.1. The van der Waals surface area contributed by atoms with E-state index in [0.717, 1.165) is 11.3 Å². The Morgan fingerprint density at radius 3 is 2.76 bits per heavy atom. The summed E-state index contributed by atoms with van der Waals surface area (Å²) in [6.45, 7) is 2.91. The van der Waals surface area contributed by atoms with Crippen LogP contribution in [0.2, 0.25) is 0 Å². The number of aromatic nitrogens is 2. The minimum absolute atomic E-state index is 0.228. The van der Waals surface area contributed by atoms with Crippen LogP contribution in [0.5, 0.6) is 5.75 Å². The lowest BCUT2D eigenvalue weighted by atomic mass is 10.2. The number of ether oxygens (including phenoxy) is 1. The lowest BCUT2D eigenvalue weighted by Crippen LogP contribution is -2.11. The van der Waals surface area contributed by atoms with Gasteiger partial charge in [-0.05, 0) is 48.9 Å². The van der Waals surface area contributed by atoms with E-state index < -0.39 is 0 Å². The molecule has 0 aliphatic carbocycles. The van der Waals surface area contributed by atoms with Gasteiger partial charge in [-0.25, -0.2) is 4.39 Å². The maximum absolute atomic E-state index is 13.2. The van der Waals surface area contributed by atoms with E-state index in [4.69, 9.17) is 4.74 Å². The Labute approximate surface area is 145 Å². The fraction of sp³-hybridized carbons (Fsp3) is 0.158. The molecule has 0 fully saturated rings. The Balaban J connectivity index is 1.63. The first kappa shape index (κ1) is 16.7. The summed E-state index contributed by atoms with van der Waals surface area (Å²) in [5, 5.41) is 6.98. The SMILES string of the molecule is CCOc1ccc(C(=O)Nc2cnn(Cc3cccc(F)c3)c2)cc1. The van der Waals surface area contributed by atoms with Gasteiger partial charge in [0.2, 0.25) is 0 Å². The van der Waals surface area contributed by atoms with Gasteiger partial charge in [0.1, 0.15) is 11.6 Å². The van der Waals surface area contributed by atoms with Gasteiger partial charge in [0.15, 0.2) is 0 Å². The van der Waals surface area contributed by atoms with Gasteiger partial charge in [0, 0.05) is 11.8 Å². The van der Waals surface area contributed by atoms with Gasteiger partial charge in [-0.3, -0.25) is 9.48 Å². The van der Waals surface area contributed by atoms with Crippen molar-refractivity contribution in [3.63, 3.8) is 0 Å². The summed E-state index contributed by atoms with van der Waals surface area (Å²) in [4.78, 5) is 12.3. The van der Waals surface area contributed by atoms with Crippen molar-refractivity contribution < 1.29 is 13.9 Å². The van der Waals surface area contributed by atoms with Gasteiger partial charge < -0.3 is 10.1 Å². The van der Waals surface area contributed by atoms with Gasteiger partial charge in [-0.15, -0.1) is 0 Å². The van der Waals surface area contributed by atoms with Crippen molar-refractivity contribution in [1.82, 2.24) is 9.78 Å². The molecule has 0 aliphatic heterocycles. The molecule has 3 aromatic rings. The molecular weight excluding hydrogens is 321 g/mol. The molecule has 1 amide bonds. The molecule has 1 aromatic heterocycles. The number of nitrogens with one attached hydrogen (secondary N) is 1. The number of hydrogen-bond acceptors (Lipinski definition) is 3. The predicted molar refractivity (Wildman–Crippen MR) is 93.3 cm³/mol. The number of halogens is 1. The van der Waals surface area contributed by atoms with Crippen LogP contribution in [0.25, 0.3) is 0 Å². The number of carbonyl (C=O) groups is 1. The number of amides is 1. The fourth-order valence-corrected chi connectivity index (χ4v) is 2.41. The van der Waals surface area contributed by atoms with E-state index in [1.165, 1.54) is 12.1 Å². The van der Waals surface area contributed by atoms with Crippen molar-refractivity contribution in [2.24, 2.45) is 0 Å². The first-order valence-corrected chi connectivity index (χ1v) is 7.95. The molecule has 0 bridgehead atoms. The average molecular weight is 339 g/mol.